The Morgan fingerprint density at radius 1 is 1.06 bits per heavy atom. The van der Waals surface area contributed by atoms with E-state index in [0.29, 0.717) is 57.1 Å². The Morgan fingerprint density at radius 2 is 1.80 bits per heavy atom. The predicted molar refractivity (Wildman–Crippen MR) is 137 cm³/mol. The fourth-order valence-electron chi connectivity index (χ4n) is 4.45. The van der Waals surface area contributed by atoms with Crippen LogP contribution in [0.3, 0.4) is 0 Å². The van der Waals surface area contributed by atoms with E-state index in [1.165, 1.54) is 0 Å². The first-order valence-corrected chi connectivity index (χ1v) is 12.3. The van der Waals surface area contributed by atoms with E-state index in [4.69, 9.17) is 5.73 Å². The molecular weight excluding hydrogens is 440 g/mol. The van der Waals surface area contributed by atoms with Crippen LogP contribution in [-0.4, -0.2) is 57.4 Å². The fourth-order valence-corrected chi connectivity index (χ4v) is 4.45. The predicted octanol–water partition coefficient (Wildman–Crippen LogP) is 2.98. The molecule has 1 atom stereocenters. The minimum Gasteiger partial charge on any atom is -0.383 e. The van der Waals surface area contributed by atoms with Crippen molar-refractivity contribution in [2.75, 3.05) is 25.4 Å². The number of nitrogens with zero attached hydrogens (tertiary/aromatic N) is 4. The van der Waals surface area contributed by atoms with Gasteiger partial charge in [0.25, 0.3) is 0 Å². The number of nitrogens with one attached hydrogen (secondary N) is 1. The number of carbonyl (C=O) groups is 2. The summed E-state index contributed by atoms with van der Waals surface area (Å²) in [6, 6.07) is 17.7. The molecule has 2 heterocycles. The molecule has 184 valence electrons. The van der Waals surface area contributed by atoms with Crippen molar-refractivity contribution in [3.63, 3.8) is 0 Å². The van der Waals surface area contributed by atoms with Gasteiger partial charge in [0.2, 0.25) is 11.8 Å². The lowest BCUT2D eigenvalue weighted by Gasteiger charge is -2.41. The molecule has 2 aromatic carbocycles. The third kappa shape index (κ3) is 6.54. The minimum absolute atomic E-state index is 0.0208. The van der Waals surface area contributed by atoms with Gasteiger partial charge in [-0.3, -0.25) is 14.5 Å². The van der Waals surface area contributed by atoms with E-state index in [1.54, 1.807) is 0 Å². The van der Waals surface area contributed by atoms with Crippen LogP contribution in [0.2, 0.25) is 0 Å². The van der Waals surface area contributed by atoms with Crippen LogP contribution in [-0.2, 0) is 22.6 Å². The molecule has 4 rings (SSSR count). The molecule has 0 saturated carbocycles. The van der Waals surface area contributed by atoms with E-state index >= 15 is 0 Å². The monoisotopic (exact) mass is 474 g/mol. The normalized spacial score (nSPS) is 16.5. The molecule has 0 radical (unpaired) electrons. The molecule has 1 aliphatic heterocycles. The van der Waals surface area contributed by atoms with E-state index in [9.17, 15) is 9.59 Å². The summed E-state index contributed by atoms with van der Waals surface area (Å²) in [7, 11) is 0. The zero-order valence-corrected chi connectivity index (χ0v) is 20.5. The lowest BCUT2D eigenvalue weighted by atomic mass is 10.1. The molecule has 8 nitrogen and oxygen atoms in total. The van der Waals surface area contributed by atoms with Crippen molar-refractivity contribution in [1.82, 2.24) is 25.1 Å². The highest BCUT2D eigenvalue weighted by atomic mass is 16.2. The van der Waals surface area contributed by atoms with Crippen LogP contribution in [0.25, 0.3) is 10.9 Å². The standard InChI is InChI=1S/C27H34N6O2/c1-19(2)16-25(34)31-24-18-33(26(35)13-12-20-8-4-3-5-9-20)15-14-32(24)17-23-29-22-11-7-6-10-21(22)27(28)30-23/h3-11,19,24H,12-18H2,1-2H3,(H,31,34)(H2,28,29,30). The summed E-state index contributed by atoms with van der Waals surface area (Å²) >= 11 is 0. The molecule has 1 saturated heterocycles. The minimum atomic E-state index is -0.313. The van der Waals surface area contributed by atoms with Crippen LogP contribution in [0.4, 0.5) is 5.82 Å². The number of anilines is 1. The summed E-state index contributed by atoms with van der Waals surface area (Å²) < 4.78 is 0. The van der Waals surface area contributed by atoms with Crippen LogP contribution in [0, 0.1) is 5.92 Å². The Bertz CT molecular complexity index is 1170. The number of aromatic nitrogens is 2. The summed E-state index contributed by atoms with van der Waals surface area (Å²) in [6.07, 6.45) is 1.27. The lowest BCUT2D eigenvalue weighted by molar-refractivity contribution is -0.137. The largest absolute Gasteiger partial charge is 0.383 e. The highest BCUT2D eigenvalue weighted by molar-refractivity contribution is 5.87. The molecule has 3 aromatic rings. The third-order valence-electron chi connectivity index (χ3n) is 6.26. The van der Waals surface area contributed by atoms with Gasteiger partial charge in [0.15, 0.2) is 0 Å². The summed E-state index contributed by atoms with van der Waals surface area (Å²) in [4.78, 5) is 38.8. The Kier molecular flexibility index (Phi) is 7.92. The first-order valence-electron chi connectivity index (χ1n) is 12.3. The van der Waals surface area contributed by atoms with Crippen molar-refractivity contribution in [1.29, 1.82) is 0 Å². The van der Waals surface area contributed by atoms with E-state index in [0.717, 1.165) is 16.5 Å². The zero-order valence-electron chi connectivity index (χ0n) is 20.5. The third-order valence-corrected chi connectivity index (χ3v) is 6.26. The average Bonchev–Trinajstić information content (AvgIpc) is 2.84. The SMILES string of the molecule is CC(C)CC(=O)NC1CN(C(=O)CCc2ccccc2)CCN1Cc1nc(N)c2ccccc2n1. The quantitative estimate of drug-likeness (QED) is 0.520. The number of benzene rings is 2. The fraction of sp³-hybridized carbons (Fsp3) is 0.407. The van der Waals surface area contributed by atoms with Gasteiger partial charge in [0.05, 0.1) is 18.6 Å². The van der Waals surface area contributed by atoms with Gasteiger partial charge >= 0.3 is 0 Å². The van der Waals surface area contributed by atoms with Crippen molar-refractivity contribution < 1.29 is 9.59 Å². The topological polar surface area (TPSA) is 104 Å². The molecule has 35 heavy (non-hydrogen) atoms. The van der Waals surface area contributed by atoms with Gasteiger partial charge in [-0.05, 0) is 30.0 Å². The van der Waals surface area contributed by atoms with Gasteiger partial charge in [-0.1, -0.05) is 56.3 Å². The van der Waals surface area contributed by atoms with Gasteiger partial charge in [-0.2, -0.15) is 0 Å². The Hall–Kier alpha value is -3.52. The molecule has 1 aromatic heterocycles. The number of hydrogen-bond donors (Lipinski definition) is 2. The maximum absolute atomic E-state index is 13.0. The maximum atomic E-state index is 13.0. The second-order valence-electron chi connectivity index (χ2n) is 9.52. The van der Waals surface area contributed by atoms with Crippen LogP contribution in [0.1, 0.15) is 38.1 Å². The molecule has 0 aliphatic carbocycles. The Labute approximate surface area is 206 Å². The maximum Gasteiger partial charge on any atom is 0.223 e. The van der Waals surface area contributed by atoms with Crippen molar-refractivity contribution in [2.45, 2.75) is 45.8 Å². The molecule has 1 aliphatic rings. The van der Waals surface area contributed by atoms with Crippen LogP contribution in [0.15, 0.2) is 54.6 Å². The smallest absolute Gasteiger partial charge is 0.223 e. The Balaban J connectivity index is 1.46. The Morgan fingerprint density at radius 3 is 2.57 bits per heavy atom. The van der Waals surface area contributed by atoms with Crippen LogP contribution in [0.5, 0.6) is 0 Å². The van der Waals surface area contributed by atoms with E-state index in [2.05, 4.69) is 20.2 Å². The number of nitrogen functional groups attached to an aromatic ring is 1. The molecule has 2 amide bonds. The van der Waals surface area contributed by atoms with Crippen molar-refractivity contribution >= 4 is 28.5 Å². The van der Waals surface area contributed by atoms with E-state index < -0.39 is 0 Å². The molecule has 0 spiro atoms. The number of fused-ring (bicyclic) bond motifs is 1. The molecule has 8 heteroatoms. The summed E-state index contributed by atoms with van der Waals surface area (Å²) in [5, 5.41) is 3.96. The second kappa shape index (κ2) is 11.3. The number of piperazine rings is 1. The van der Waals surface area contributed by atoms with Gasteiger partial charge < -0.3 is 16.0 Å². The van der Waals surface area contributed by atoms with Crippen LogP contribution < -0.4 is 11.1 Å². The number of carbonyl (C=O) groups excluding carboxylic acids is 2. The van der Waals surface area contributed by atoms with Gasteiger partial charge in [0, 0.05) is 31.3 Å². The second-order valence-corrected chi connectivity index (χ2v) is 9.52. The van der Waals surface area contributed by atoms with Crippen molar-refractivity contribution in [3.05, 3.63) is 66.0 Å². The molecule has 0 bridgehead atoms. The van der Waals surface area contributed by atoms with Crippen LogP contribution >= 0.6 is 0 Å². The van der Waals surface area contributed by atoms with Crippen molar-refractivity contribution in [2.24, 2.45) is 5.92 Å². The highest BCUT2D eigenvalue weighted by Gasteiger charge is 2.31. The number of hydrogen-bond acceptors (Lipinski definition) is 6. The number of nitrogens with two attached hydrogens (primary N) is 1. The van der Waals surface area contributed by atoms with Gasteiger partial charge in [-0.25, -0.2) is 9.97 Å². The molecule has 1 unspecified atom stereocenters. The molecule has 1 fully saturated rings. The first kappa shape index (κ1) is 24.6. The van der Waals surface area contributed by atoms with E-state index in [-0.39, 0.29) is 23.9 Å². The lowest BCUT2D eigenvalue weighted by Crippen LogP contribution is -2.61. The van der Waals surface area contributed by atoms with Gasteiger partial charge in [-0.15, -0.1) is 0 Å². The summed E-state index contributed by atoms with van der Waals surface area (Å²) in [5.74, 6) is 1.38. The average molecular weight is 475 g/mol. The summed E-state index contributed by atoms with van der Waals surface area (Å²) in [6.45, 7) is 6.11. The molecular formula is C27H34N6O2. The number of aryl methyl sites for hydroxylation is 1. The summed E-state index contributed by atoms with van der Waals surface area (Å²) in [5.41, 5.74) is 8.13. The first-order chi connectivity index (χ1) is 16.9. The number of para-hydroxylation sites is 1. The van der Waals surface area contributed by atoms with Crippen molar-refractivity contribution in [3.8, 4) is 0 Å². The highest BCUT2D eigenvalue weighted by Crippen LogP contribution is 2.19. The molecule has 3 N–H and O–H groups in total. The number of amides is 2. The number of rotatable bonds is 8. The van der Waals surface area contributed by atoms with E-state index in [1.807, 2.05) is 73.3 Å². The van der Waals surface area contributed by atoms with Gasteiger partial charge in [0.1, 0.15) is 17.8 Å². The zero-order chi connectivity index (χ0) is 24.8.